The van der Waals surface area contributed by atoms with Gasteiger partial charge < -0.3 is 10.2 Å². The van der Waals surface area contributed by atoms with Crippen LogP contribution in [-0.4, -0.2) is 43.3 Å². The lowest BCUT2D eigenvalue weighted by molar-refractivity contribution is -0.140. The highest BCUT2D eigenvalue weighted by Crippen LogP contribution is 2.30. The molecule has 1 atom stereocenters. The maximum Gasteiger partial charge on any atom is 0.264 e. The molecule has 10 heteroatoms. The minimum absolute atomic E-state index is 0.0183. The van der Waals surface area contributed by atoms with Crippen LogP contribution >= 0.6 is 27.5 Å². The summed E-state index contributed by atoms with van der Waals surface area (Å²) in [6.45, 7) is 6.72. The second kappa shape index (κ2) is 12.3. The summed E-state index contributed by atoms with van der Waals surface area (Å²) in [5.74, 6) is -0.906. The van der Waals surface area contributed by atoms with Crippen LogP contribution in [-0.2, 0) is 26.2 Å². The monoisotopic (exact) mass is 619 g/mol. The first-order valence-electron chi connectivity index (χ1n) is 12.0. The summed E-state index contributed by atoms with van der Waals surface area (Å²) in [7, 11) is -4.17. The maximum atomic E-state index is 13.9. The number of anilines is 1. The van der Waals surface area contributed by atoms with Gasteiger partial charge in [-0.05, 0) is 69.7 Å². The lowest BCUT2D eigenvalue weighted by atomic mass is 10.1. The fourth-order valence-corrected chi connectivity index (χ4v) is 5.96. The molecule has 0 aliphatic carbocycles. The van der Waals surface area contributed by atoms with E-state index in [2.05, 4.69) is 21.2 Å². The number of hydrogen-bond donors (Lipinski definition) is 1. The van der Waals surface area contributed by atoms with E-state index in [-0.39, 0.29) is 28.1 Å². The van der Waals surface area contributed by atoms with E-state index in [0.717, 1.165) is 14.3 Å². The minimum atomic E-state index is -4.17. The molecule has 3 aromatic rings. The lowest BCUT2D eigenvalue weighted by Gasteiger charge is -2.33. The first-order valence-corrected chi connectivity index (χ1v) is 14.6. The van der Waals surface area contributed by atoms with Crippen molar-refractivity contribution < 1.29 is 18.0 Å². The van der Waals surface area contributed by atoms with E-state index in [0.29, 0.717) is 0 Å². The van der Waals surface area contributed by atoms with Crippen LogP contribution < -0.4 is 9.62 Å². The average Bonchev–Trinajstić information content (AvgIpc) is 2.85. The van der Waals surface area contributed by atoms with Gasteiger partial charge in [0.2, 0.25) is 11.8 Å². The fourth-order valence-electron chi connectivity index (χ4n) is 3.78. The molecule has 7 nitrogen and oxygen atoms in total. The Hall–Kier alpha value is -2.88. The predicted molar refractivity (Wildman–Crippen MR) is 154 cm³/mol. The smallest absolute Gasteiger partial charge is 0.264 e. The van der Waals surface area contributed by atoms with Gasteiger partial charge in [-0.1, -0.05) is 70.0 Å². The molecule has 0 aromatic heterocycles. The van der Waals surface area contributed by atoms with Crippen molar-refractivity contribution in [2.75, 3.05) is 10.8 Å². The average molecular weight is 621 g/mol. The highest BCUT2D eigenvalue weighted by molar-refractivity contribution is 9.10. The summed E-state index contributed by atoms with van der Waals surface area (Å²) in [5.41, 5.74) is 0.426. The van der Waals surface area contributed by atoms with Crippen molar-refractivity contribution >= 4 is 55.1 Å². The molecular formula is C28H31BrClN3O4S. The standard InChI is InChI=1S/C28H31BrClN3O4S/c1-20(27(35)31-28(2,3)4)32(18-21-11-10-12-22(29)17-21)26(34)19-33(25-16-9-8-15-24(25)30)38(36,37)23-13-6-5-7-14-23/h5-17,20H,18-19H2,1-4H3,(H,31,35)/t20-/m0/s1. The molecule has 38 heavy (non-hydrogen) atoms. The van der Waals surface area contributed by atoms with Gasteiger partial charge >= 0.3 is 0 Å². The molecule has 0 spiro atoms. The number of hydrogen-bond acceptors (Lipinski definition) is 4. The molecule has 0 fully saturated rings. The van der Waals surface area contributed by atoms with Crippen molar-refractivity contribution in [2.24, 2.45) is 0 Å². The number of amides is 2. The van der Waals surface area contributed by atoms with Gasteiger partial charge in [0, 0.05) is 16.6 Å². The van der Waals surface area contributed by atoms with Gasteiger partial charge in [-0.2, -0.15) is 0 Å². The summed E-state index contributed by atoms with van der Waals surface area (Å²) in [6.07, 6.45) is 0. The molecule has 0 radical (unpaired) electrons. The van der Waals surface area contributed by atoms with Crippen LogP contribution in [0.5, 0.6) is 0 Å². The zero-order valence-corrected chi connectivity index (χ0v) is 24.8. The number of carbonyl (C=O) groups is 2. The van der Waals surface area contributed by atoms with Crippen molar-refractivity contribution in [1.82, 2.24) is 10.2 Å². The van der Waals surface area contributed by atoms with Gasteiger partial charge in [0.25, 0.3) is 10.0 Å². The molecule has 0 saturated heterocycles. The summed E-state index contributed by atoms with van der Waals surface area (Å²) >= 11 is 9.85. The van der Waals surface area contributed by atoms with Crippen LogP contribution in [0.4, 0.5) is 5.69 Å². The second-order valence-electron chi connectivity index (χ2n) is 9.84. The molecule has 0 aliphatic heterocycles. The number of halogens is 2. The second-order valence-corrected chi connectivity index (χ2v) is 13.0. The Morgan fingerprint density at radius 3 is 2.21 bits per heavy atom. The van der Waals surface area contributed by atoms with Crippen molar-refractivity contribution in [1.29, 1.82) is 0 Å². The van der Waals surface area contributed by atoms with Crippen LogP contribution in [0.3, 0.4) is 0 Å². The topological polar surface area (TPSA) is 86.8 Å². The Balaban J connectivity index is 2.04. The largest absolute Gasteiger partial charge is 0.350 e. The van der Waals surface area contributed by atoms with E-state index in [1.54, 1.807) is 49.4 Å². The summed E-state index contributed by atoms with van der Waals surface area (Å²) in [4.78, 5) is 28.4. The van der Waals surface area contributed by atoms with Crippen LogP contribution in [0.25, 0.3) is 0 Å². The molecule has 2 amide bonds. The zero-order valence-electron chi connectivity index (χ0n) is 21.7. The predicted octanol–water partition coefficient (Wildman–Crippen LogP) is 5.63. The number of nitrogens with zero attached hydrogens (tertiary/aromatic N) is 2. The Kier molecular flexibility index (Phi) is 9.62. The van der Waals surface area contributed by atoms with Crippen molar-refractivity contribution in [2.45, 2.75) is 50.7 Å². The quantitative estimate of drug-likeness (QED) is 0.336. The third-order valence-electron chi connectivity index (χ3n) is 5.64. The summed E-state index contributed by atoms with van der Waals surface area (Å²) < 4.78 is 29.3. The van der Waals surface area contributed by atoms with E-state index >= 15 is 0 Å². The molecule has 3 rings (SSSR count). The molecule has 0 aliphatic rings. The van der Waals surface area contributed by atoms with Gasteiger partial charge in [0.05, 0.1) is 15.6 Å². The number of nitrogens with one attached hydrogen (secondary N) is 1. The summed E-state index contributed by atoms with van der Waals surface area (Å²) in [6, 6.07) is 20.8. The van der Waals surface area contributed by atoms with Crippen molar-refractivity contribution in [3.8, 4) is 0 Å². The number of sulfonamides is 1. The highest BCUT2D eigenvalue weighted by atomic mass is 79.9. The van der Waals surface area contributed by atoms with Crippen LogP contribution in [0.15, 0.2) is 88.2 Å². The number of para-hydroxylation sites is 1. The Morgan fingerprint density at radius 1 is 0.974 bits per heavy atom. The van der Waals surface area contributed by atoms with E-state index in [1.165, 1.54) is 17.0 Å². The zero-order chi connectivity index (χ0) is 28.1. The molecule has 0 heterocycles. The minimum Gasteiger partial charge on any atom is -0.350 e. The molecule has 3 aromatic carbocycles. The first-order chi connectivity index (χ1) is 17.8. The van der Waals surface area contributed by atoms with Gasteiger partial charge in [-0.3, -0.25) is 13.9 Å². The van der Waals surface area contributed by atoms with Crippen LogP contribution in [0.1, 0.15) is 33.3 Å². The van der Waals surface area contributed by atoms with E-state index < -0.39 is 34.1 Å². The van der Waals surface area contributed by atoms with Gasteiger partial charge in [-0.25, -0.2) is 8.42 Å². The third-order valence-corrected chi connectivity index (χ3v) is 8.23. The van der Waals surface area contributed by atoms with Crippen molar-refractivity contribution in [3.63, 3.8) is 0 Å². The first kappa shape index (κ1) is 29.7. The summed E-state index contributed by atoms with van der Waals surface area (Å²) in [5, 5.41) is 3.08. The number of carbonyl (C=O) groups excluding carboxylic acids is 2. The SMILES string of the molecule is C[C@@H](C(=O)NC(C)(C)C)N(Cc1cccc(Br)c1)C(=O)CN(c1ccccc1Cl)S(=O)(=O)c1ccccc1. The maximum absolute atomic E-state index is 13.9. The lowest BCUT2D eigenvalue weighted by Crippen LogP contribution is -2.54. The molecule has 0 bridgehead atoms. The van der Waals surface area contributed by atoms with Crippen LogP contribution in [0.2, 0.25) is 5.02 Å². The molecule has 202 valence electrons. The third kappa shape index (κ3) is 7.58. The number of benzene rings is 3. The van der Waals surface area contributed by atoms with Crippen LogP contribution in [0, 0.1) is 0 Å². The van der Waals surface area contributed by atoms with E-state index in [9.17, 15) is 18.0 Å². The molecule has 0 unspecified atom stereocenters. The normalized spacial score (nSPS) is 12.5. The van der Waals surface area contributed by atoms with E-state index in [1.807, 2.05) is 45.0 Å². The molecule has 0 saturated carbocycles. The molecule has 1 N–H and O–H groups in total. The van der Waals surface area contributed by atoms with Gasteiger partial charge in [-0.15, -0.1) is 0 Å². The Labute approximate surface area is 238 Å². The molecular weight excluding hydrogens is 590 g/mol. The fraction of sp³-hybridized carbons (Fsp3) is 0.286. The number of rotatable bonds is 9. The Morgan fingerprint density at radius 2 is 1.61 bits per heavy atom. The highest BCUT2D eigenvalue weighted by Gasteiger charge is 2.34. The van der Waals surface area contributed by atoms with Gasteiger partial charge in [0.1, 0.15) is 12.6 Å². The van der Waals surface area contributed by atoms with Gasteiger partial charge in [0.15, 0.2) is 0 Å². The van der Waals surface area contributed by atoms with Crippen molar-refractivity contribution in [3.05, 3.63) is 93.9 Å². The Bertz CT molecular complexity index is 1390. The van der Waals surface area contributed by atoms with E-state index in [4.69, 9.17) is 11.6 Å².